The van der Waals surface area contributed by atoms with Crippen LogP contribution in [0.15, 0.2) is 30.5 Å². The molecule has 0 fully saturated rings. The minimum Gasteiger partial charge on any atom is -0.494 e. The quantitative estimate of drug-likeness (QED) is 0.636. The third-order valence-electron chi connectivity index (χ3n) is 3.93. The number of carbonyl (C=O) groups is 1. The van der Waals surface area contributed by atoms with Crippen LogP contribution in [0.2, 0.25) is 0 Å². The van der Waals surface area contributed by atoms with E-state index in [4.69, 9.17) is 4.74 Å². The number of nitrogens with one attached hydrogen (secondary N) is 1. The highest BCUT2D eigenvalue weighted by molar-refractivity contribution is 5.78. The Balaban J connectivity index is 1.69. The summed E-state index contributed by atoms with van der Waals surface area (Å²) in [5.74, 6) is 0.830. The van der Waals surface area contributed by atoms with Gasteiger partial charge in [-0.2, -0.15) is 0 Å². The van der Waals surface area contributed by atoms with Gasteiger partial charge in [-0.25, -0.2) is 0 Å². The predicted molar refractivity (Wildman–Crippen MR) is 97.3 cm³/mol. The number of aryl methyl sites for hydroxylation is 1. The van der Waals surface area contributed by atoms with Gasteiger partial charge in [0.05, 0.1) is 25.8 Å². The Kier molecular flexibility index (Phi) is 7.95. The van der Waals surface area contributed by atoms with Crippen LogP contribution in [0.3, 0.4) is 0 Å². The fraction of sp³-hybridized carbons (Fsp3) is 0.526. The summed E-state index contributed by atoms with van der Waals surface area (Å²) in [6.07, 6.45) is 6.97. The highest BCUT2D eigenvalue weighted by Crippen LogP contribution is 2.13. The molecule has 0 spiro atoms. The minimum atomic E-state index is -0.0284. The highest BCUT2D eigenvalue weighted by Gasteiger charge is 2.06. The number of ether oxygens (including phenoxy) is 1. The Labute approximate surface area is 149 Å². The molecule has 25 heavy (non-hydrogen) atoms. The van der Waals surface area contributed by atoms with Crippen LogP contribution in [0.5, 0.6) is 5.75 Å². The monoisotopic (exact) mass is 344 g/mol. The second-order valence-corrected chi connectivity index (χ2v) is 6.07. The Morgan fingerprint density at radius 2 is 1.96 bits per heavy atom. The van der Waals surface area contributed by atoms with E-state index in [-0.39, 0.29) is 5.91 Å². The lowest BCUT2D eigenvalue weighted by atomic mass is 10.1. The SMILES string of the molecule is CCCCCCOc1ccc(CC(=O)NCc2cn(CC)nn2)cc1. The maximum absolute atomic E-state index is 12.0. The molecule has 1 heterocycles. The van der Waals surface area contributed by atoms with Gasteiger partial charge in [0, 0.05) is 6.54 Å². The van der Waals surface area contributed by atoms with Crippen molar-refractivity contribution < 1.29 is 9.53 Å². The van der Waals surface area contributed by atoms with Gasteiger partial charge in [-0.1, -0.05) is 43.5 Å². The van der Waals surface area contributed by atoms with Crippen molar-refractivity contribution in [2.75, 3.05) is 6.61 Å². The van der Waals surface area contributed by atoms with Gasteiger partial charge in [-0.15, -0.1) is 5.10 Å². The van der Waals surface area contributed by atoms with Gasteiger partial charge < -0.3 is 10.1 Å². The number of hydrogen-bond acceptors (Lipinski definition) is 4. The van der Waals surface area contributed by atoms with E-state index in [9.17, 15) is 4.79 Å². The van der Waals surface area contributed by atoms with E-state index >= 15 is 0 Å². The van der Waals surface area contributed by atoms with E-state index in [0.29, 0.717) is 13.0 Å². The number of nitrogens with zero attached hydrogens (tertiary/aromatic N) is 3. The first-order valence-corrected chi connectivity index (χ1v) is 9.08. The number of amides is 1. The zero-order valence-electron chi connectivity index (χ0n) is 15.2. The van der Waals surface area contributed by atoms with Gasteiger partial charge in [0.25, 0.3) is 0 Å². The second kappa shape index (κ2) is 10.5. The van der Waals surface area contributed by atoms with Crippen LogP contribution in [0, 0.1) is 0 Å². The molecule has 6 nitrogen and oxygen atoms in total. The lowest BCUT2D eigenvalue weighted by Crippen LogP contribution is -2.24. The molecule has 1 aromatic carbocycles. The first-order valence-electron chi connectivity index (χ1n) is 9.08. The molecular formula is C19H28N4O2. The standard InChI is InChI=1S/C19H28N4O2/c1-3-5-6-7-12-25-18-10-8-16(9-11-18)13-19(24)20-14-17-15-23(4-2)22-21-17/h8-11,15H,3-7,12-14H2,1-2H3,(H,20,24). The third kappa shape index (κ3) is 6.95. The summed E-state index contributed by atoms with van der Waals surface area (Å²) in [7, 11) is 0. The molecule has 0 aliphatic heterocycles. The largest absolute Gasteiger partial charge is 0.494 e. The normalized spacial score (nSPS) is 10.6. The van der Waals surface area contributed by atoms with Crippen molar-refractivity contribution in [2.24, 2.45) is 0 Å². The molecule has 0 aliphatic rings. The number of hydrogen-bond donors (Lipinski definition) is 1. The Morgan fingerprint density at radius 3 is 2.64 bits per heavy atom. The van der Waals surface area contributed by atoms with E-state index in [1.165, 1.54) is 19.3 Å². The highest BCUT2D eigenvalue weighted by atomic mass is 16.5. The molecule has 2 rings (SSSR count). The minimum absolute atomic E-state index is 0.0284. The van der Waals surface area contributed by atoms with Crippen LogP contribution in [-0.2, 0) is 24.3 Å². The van der Waals surface area contributed by atoms with Gasteiger partial charge in [-0.05, 0) is 31.0 Å². The van der Waals surface area contributed by atoms with E-state index in [1.54, 1.807) is 4.68 Å². The van der Waals surface area contributed by atoms with Gasteiger partial charge in [0.2, 0.25) is 5.91 Å². The molecule has 0 atom stereocenters. The molecule has 1 amide bonds. The summed E-state index contributed by atoms with van der Waals surface area (Å²) in [6, 6.07) is 7.73. The molecular weight excluding hydrogens is 316 g/mol. The predicted octanol–water partition coefficient (Wildman–Crippen LogP) is 3.12. The lowest BCUT2D eigenvalue weighted by molar-refractivity contribution is -0.120. The summed E-state index contributed by atoms with van der Waals surface area (Å²) >= 11 is 0. The second-order valence-electron chi connectivity index (χ2n) is 6.07. The van der Waals surface area contributed by atoms with E-state index in [1.807, 2.05) is 37.4 Å². The van der Waals surface area contributed by atoms with Crippen LogP contribution in [0.25, 0.3) is 0 Å². The maximum Gasteiger partial charge on any atom is 0.224 e. The van der Waals surface area contributed by atoms with Crippen LogP contribution in [-0.4, -0.2) is 27.5 Å². The first-order chi connectivity index (χ1) is 12.2. The van der Waals surface area contributed by atoms with Crippen LogP contribution in [0.4, 0.5) is 0 Å². The zero-order chi connectivity index (χ0) is 17.9. The van der Waals surface area contributed by atoms with E-state index in [2.05, 4.69) is 22.6 Å². The molecule has 0 radical (unpaired) electrons. The Bertz CT molecular complexity index is 637. The summed E-state index contributed by atoms with van der Waals surface area (Å²) < 4.78 is 7.45. The number of unbranched alkanes of at least 4 members (excludes halogenated alkanes) is 3. The fourth-order valence-corrected chi connectivity index (χ4v) is 2.43. The first kappa shape index (κ1) is 19.0. The van der Waals surface area contributed by atoms with Crippen LogP contribution in [0.1, 0.15) is 50.8 Å². The number of benzene rings is 1. The Morgan fingerprint density at radius 1 is 1.16 bits per heavy atom. The number of aromatic nitrogens is 3. The lowest BCUT2D eigenvalue weighted by Gasteiger charge is -2.07. The smallest absolute Gasteiger partial charge is 0.224 e. The summed E-state index contributed by atoms with van der Waals surface area (Å²) in [4.78, 5) is 12.0. The fourth-order valence-electron chi connectivity index (χ4n) is 2.43. The van der Waals surface area contributed by atoms with Gasteiger partial charge in [0.15, 0.2) is 0 Å². The van der Waals surface area contributed by atoms with Crippen molar-refractivity contribution in [3.05, 3.63) is 41.7 Å². The van der Waals surface area contributed by atoms with Crippen molar-refractivity contribution >= 4 is 5.91 Å². The number of carbonyl (C=O) groups excluding carboxylic acids is 1. The molecule has 6 heteroatoms. The molecule has 0 bridgehead atoms. The van der Waals surface area contributed by atoms with Crippen molar-refractivity contribution in [2.45, 2.75) is 59.0 Å². The maximum atomic E-state index is 12.0. The molecule has 1 aromatic heterocycles. The molecule has 0 saturated heterocycles. The average molecular weight is 344 g/mol. The summed E-state index contributed by atoms with van der Waals surface area (Å²) in [5, 5.41) is 10.8. The molecule has 136 valence electrons. The molecule has 2 aromatic rings. The summed E-state index contributed by atoms with van der Waals surface area (Å²) in [6.45, 7) is 6.12. The van der Waals surface area contributed by atoms with Crippen molar-refractivity contribution in [3.8, 4) is 5.75 Å². The topological polar surface area (TPSA) is 69.0 Å². The van der Waals surface area contributed by atoms with Crippen molar-refractivity contribution in [1.82, 2.24) is 20.3 Å². The zero-order valence-corrected chi connectivity index (χ0v) is 15.2. The summed E-state index contributed by atoms with van der Waals surface area (Å²) in [5.41, 5.74) is 1.73. The molecule has 1 N–H and O–H groups in total. The van der Waals surface area contributed by atoms with Crippen LogP contribution >= 0.6 is 0 Å². The van der Waals surface area contributed by atoms with Crippen LogP contribution < -0.4 is 10.1 Å². The number of rotatable bonds is 11. The van der Waals surface area contributed by atoms with E-state index < -0.39 is 0 Å². The van der Waals surface area contributed by atoms with Crippen molar-refractivity contribution in [1.29, 1.82) is 0 Å². The van der Waals surface area contributed by atoms with E-state index in [0.717, 1.165) is 36.6 Å². The van der Waals surface area contributed by atoms with Gasteiger partial charge in [0.1, 0.15) is 11.4 Å². The van der Waals surface area contributed by atoms with Gasteiger partial charge in [-0.3, -0.25) is 9.48 Å². The molecule has 0 unspecified atom stereocenters. The molecule has 0 saturated carbocycles. The van der Waals surface area contributed by atoms with Gasteiger partial charge >= 0.3 is 0 Å². The van der Waals surface area contributed by atoms with Crippen molar-refractivity contribution in [3.63, 3.8) is 0 Å². The molecule has 0 aliphatic carbocycles. The third-order valence-corrected chi connectivity index (χ3v) is 3.93. The Hall–Kier alpha value is -2.37. The average Bonchev–Trinajstić information content (AvgIpc) is 3.09.